The minimum Gasteiger partial charge on any atom is -0.192 e. The van der Waals surface area contributed by atoms with E-state index in [0.717, 1.165) is 29.2 Å². The molecule has 0 unspecified atom stereocenters. The first-order valence-corrected chi connectivity index (χ1v) is 14.3. The largest absolute Gasteiger partial charge is 0.192 e. The predicted octanol–water partition coefficient (Wildman–Crippen LogP) is 9.63. The summed E-state index contributed by atoms with van der Waals surface area (Å²) in [7, 11) is 0. The van der Waals surface area contributed by atoms with E-state index in [1.807, 2.05) is 12.1 Å². The first-order valence-electron chi connectivity index (χ1n) is 14.3. The molecule has 0 N–H and O–H groups in total. The number of nitrogens with zero attached hydrogens (tertiary/aromatic N) is 1. The Morgan fingerprint density at radius 2 is 1.16 bits per heavy atom. The Kier molecular flexibility index (Phi) is 11.7. The second kappa shape index (κ2) is 14.8. The number of hydrogen-bond donors (Lipinski definition) is 0. The van der Waals surface area contributed by atoms with Crippen LogP contribution in [0.2, 0.25) is 0 Å². The highest BCUT2D eigenvalue weighted by Gasteiger charge is 2.30. The second-order valence-electron chi connectivity index (χ2n) is 11.2. The predicted molar refractivity (Wildman–Crippen MR) is 138 cm³/mol. The highest BCUT2D eigenvalue weighted by Crippen LogP contribution is 2.43. The standard InChI is InChI=1S/C31H49N/c1-2-3-4-5-6-7-8-9-10-26-17-21-30(22-18-26)31-23-19-28(20-24-31)12-11-27-13-15-29(25-32)16-14-27/h13-16,26,28,30-31H,2-12,17-24H2,1H3. The topological polar surface area (TPSA) is 23.8 Å². The molecule has 0 heterocycles. The lowest BCUT2D eigenvalue weighted by atomic mass is 9.68. The summed E-state index contributed by atoms with van der Waals surface area (Å²) in [6, 6.07) is 10.5. The highest BCUT2D eigenvalue weighted by atomic mass is 14.4. The first kappa shape index (κ1) is 25.3. The van der Waals surface area contributed by atoms with E-state index >= 15 is 0 Å². The van der Waals surface area contributed by atoms with Crippen LogP contribution >= 0.6 is 0 Å². The van der Waals surface area contributed by atoms with E-state index in [9.17, 15) is 0 Å². The zero-order chi connectivity index (χ0) is 22.4. The van der Waals surface area contributed by atoms with Crippen LogP contribution in [0.25, 0.3) is 0 Å². The molecule has 0 aliphatic heterocycles. The summed E-state index contributed by atoms with van der Waals surface area (Å²) in [5.74, 6) is 4.06. The summed E-state index contributed by atoms with van der Waals surface area (Å²) in [5, 5.41) is 8.95. The molecule has 1 nitrogen and oxygen atoms in total. The van der Waals surface area contributed by atoms with Crippen molar-refractivity contribution in [1.82, 2.24) is 0 Å². The summed E-state index contributed by atoms with van der Waals surface area (Å²) in [5.41, 5.74) is 2.18. The van der Waals surface area contributed by atoms with Crippen LogP contribution < -0.4 is 0 Å². The van der Waals surface area contributed by atoms with Gasteiger partial charge in [0.1, 0.15) is 0 Å². The molecule has 0 saturated heterocycles. The highest BCUT2D eigenvalue weighted by molar-refractivity contribution is 5.31. The fourth-order valence-electron chi connectivity index (χ4n) is 6.58. The fraction of sp³-hybridized carbons (Fsp3) is 0.774. The third-order valence-corrected chi connectivity index (χ3v) is 8.84. The summed E-state index contributed by atoms with van der Waals surface area (Å²) in [4.78, 5) is 0. The van der Waals surface area contributed by atoms with Crippen molar-refractivity contribution in [2.75, 3.05) is 0 Å². The summed E-state index contributed by atoms with van der Waals surface area (Å²) in [6.45, 7) is 2.31. The van der Waals surface area contributed by atoms with Gasteiger partial charge in [0.05, 0.1) is 11.6 Å². The molecule has 1 aromatic rings. The molecule has 1 heteroatoms. The third kappa shape index (κ3) is 8.92. The van der Waals surface area contributed by atoms with Gasteiger partial charge in [-0.25, -0.2) is 0 Å². The van der Waals surface area contributed by atoms with Crippen molar-refractivity contribution in [3.8, 4) is 6.07 Å². The van der Waals surface area contributed by atoms with Crippen LogP contribution in [0.15, 0.2) is 24.3 Å². The van der Waals surface area contributed by atoms with Crippen molar-refractivity contribution in [2.24, 2.45) is 23.7 Å². The van der Waals surface area contributed by atoms with E-state index in [4.69, 9.17) is 5.26 Å². The molecule has 2 aliphatic carbocycles. The Morgan fingerprint density at radius 3 is 1.69 bits per heavy atom. The van der Waals surface area contributed by atoms with Crippen molar-refractivity contribution >= 4 is 0 Å². The Bertz CT molecular complexity index is 638. The van der Waals surface area contributed by atoms with Gasteiger partial charge < -0.3 is 0 Å². The molecule has 0 atom stereocenters. The number of unbranched alkanes of at least 4 members (excludes halogenated alkanes) is 7. The van der Waals surface area contributed by atoms with E-state index < -0.39 is 0 Å². The van der Waals surface area contributed by atoms with Crippen LogP contribution in [-0.2, 0) is 6.42 Å². The average Bonchev–Trinajstić information content (AvgIpc) is 2.85. The van der Waals surface area contributed by atoms with Gasteiger partial charge in [0, 0.05) is 0 Å². The molecule has 2 fully saturated rings. The quantitative estimate of drug-likeness (QED) is 0.283. The number of aryl methyl sites for hydroxylation is 1. The van der Waals surface area contributed by atoms with Crippen LogP contribution in [0.3, 0.4) is 0 Å². The van der Waals surface area contributed by atoms with E-state index in [2.05, 4.69) is 25.1 Å². The molecular weight excluding hydrogens is 386 g/mol. The van der Waals surface area contributed by atoms with Crippen LogP contribution in [0.4, 0.5) is 0 Å². The Labute approximate surface area is 199 Å². The lowest BCUT2D eigenvalue weighted by Crippen LogP contribution is -2.26. The van der Waals surface area contributed by atoms with Gasteiger partial charge in [0.25, 0.3) is 0 Å². The molecule has 0 radical (unpaired) electrons. The Hall–Kier alpha value is -1.29. The second-order valence-corrected chi connectivity index (χ2v) is 11.2. The molecule has 3 rings (SSSR count). The van der Waals surface area contributed by atoms with E-state index in [0.29, 0.717) is 0 Å². The van der Waals surface area contributed by atoms with Crippen LogP contribution in [0.5, 0.6) is 0 Å². The molecule has 0 spiro atoms. The van der Waals surface area contributed by atoms with Crippen molar-refractivity contribution in [2.45, 2.75) is 129 Å². The molecule has 178 valence electrons. The first-order chi connectivity index (χ1) is 15.8. The van der Waals surface area contributed by atoms with Crippen molar-refractivity contribution in [3.63, 3.8) is 0 Å². The number of nitriles is 1. The number of benzene rings is 1. The maximum absolute atomic E-state index is 8.95. The Morgan fingerprint density at radius 1 is 0.656 bits per heavy atom. The lowest BCUT2D eigenvalue weighted by Gasteiger charge is -2.38. The van der Waals surface area contributed by atoms with Gasteiger partial charge in [-0.2, -0.15) is 5.26 Å². The van der Waals surface area contributed by atoms with E-state index in [1.54, 1.807) is 0 Å². The minimum atomic E-state index is 0.779. The van der Waals surface area contributed by atoms with Gasteiger partial charge in [0.2, 0.25) is 0 Å². The maximum Gasteiger partial charge on any atom is 0.0991 e. The van der Waals surface area contributed by atoms with Gasteiger partial charge in [0.15, 0.2) is 0 Å². The number of hydrogen-bond acceptors (Lipinski definition) is 1. The molecule has 32 heavy (non-hydrogen) atoms. The van der Waals surface area contributed by atoms with Crippen molar-refractivity contribution in [3.05, 3.63) is 35.4 Å². The van der Waals surface area contributed by atoms with Crippen LogP contribution in [-0.4, -0.2) is 0 Å². The molecule has 2 aliphatic rings. The SMILES string of the molecule is CCCCCCCCCCC1CCC(C2CCC(CCc3ccc(C#N)cc3)CC2)CC1. The zero-order valence-corrected chi connectivity index (χ0v) is 21.0. The van der Waals surface area contributed by atoms with Crippen LogP contribution in [0, 0.1) is 35.0 Å². The molecule has 0 bridgehead atoms. The van der Waals surface area contributed by atoms with Crippen molar-refractivity contribution in [1.29, 1.82) is 5.26 Å². The Balaban J connectivity index is 1.22. The van der Waals surface area contributed by atoms with Gasteiger partial charge in [-0.3, -0.25) is 0 Å². The normalized spacial score (nSPS) is 26.0. The zero-order valence-electron chi connectivity index (χ0n) is 21.0. The van der Waals surface area contributed by atoms with E-state index in [1.165, 1.54) is 128 Å². The minimum absolute atomic E-state index is 0.779. The van der Waals surface area contributed by atoms with Gasteiger partial charge in [-0.05, 0) is 79.9 Å². The number of rotatable bonds is 13. The molecule has 0 aromatic heterocycles. The summed E-state index contributed by atoms with van der Waals surface area (Å²) < 4.78 is 0. The smallest absolute Gasteiger partial charge is 0.0991 e. The van der Waals surface area contributed by atoms with Gasteiger partial charge in [-0.1, -0.05) is 103 Å². The summed E-state index contributed by atoms with van der Waals surface area (Å²) in [6.07, 6.45) is 27.7. The van der Waals surface area contributed by atoms with Gasteiger partial charge >= 0.3 is 0 Å². The molecule has 1 aromatic carbocycles. The summed E-state index contributed by atoms with van der Waals surface area (Å²) >= 11 is 0. The monoisotopic (exact) mass is 435 g/mol. The van der Waals surface area contributed by atoms with Crippen LogP contribution in [0.1, 0.15) is 134 Å². The molecule has 0 amide bonds. The van der Waals surface area contributed by atoms with E-state index in [-0.39, 0.29) is 0 Å². The van der Waals surface area contributed by atoms with Gasteiger partial charge in [-0.15, -0.1) is 0 Å². The third-order valence-electron chi connectivity index (χ3n) is 8.84. The lowest BCUT2D eigenvalue weighted by molar-refractivity contribution is 0.140. The van der Waals surface area contributed by atoms with Crippen molar-refractivity contribution < 1.29 is 0 Å². The average molecular weight is 436 g/mol. The fourth-order valence-corrected chi connectivity index (χ4v) is 6.58. The molecule has 2 saturated carbocycles. The maximum atomic E-state index is 8.95. The molecular formula is C31H49N.